The molecule has 4 aromatic rings. The normalized spacial score (nSPS) is 23.7. The highest BCUT2D eigenvalue weighted by Gasteiger charge is 2.82. The summed E-state index contributed by atoms with van der Waals surface area (Å²) in [4.78, 5) is 26.6. The minimum atomic E-state index is -6.60. The molecule has 10 aliphatic rings. The number of sulfonamides is 2. The maximum absolute atomic E-state index is 12.9. The summed E-state index contributed by atoms with van der Waals surface area (Å²) < 4.78 is 281. The van der Waals surface area contributed by atoms with Gasteiger partial charge in [-0.1, -0.05) is 160 Å². The number of hydrogen-bond donors (Lipinski definition) is 0. The molecule has 121 heavy (non-hydrogen) atoms. The first-order chi connectivity index (χ1) is 56.0. The average molecular weight is 1880 g/mol. The smallest absolute Gasteiger partial charge is 0.470 e. The van der Waals surface area contributed by atoms with Crippen molar-refractivity contribution in [2.24, 2.45) is 23.2 Å². The molecule has 7 saturated carbocycles. The van der Waals surface area contributed by atoms with Gasteiger partial charge in [-0.05, 0) is 245 Å². The van der Waals surface area contributed by atoms with Crippen LogP contribution in [0.1, 0.15) is 288 Å². The van der Waals surface area contributed by atoms with Gasteiger partial charge < -0.3 is 18.2 Å². The maximum Gasteiger partial charge on any atom is 0.470 e. The minimum absolute atomic E-state index is 0.0622. The SMILES string of the molecule is CS(=O)(=O)[C-](S(C)(=O)=O)S(=O)(=O)C(F)(F)F.Cc1c(C(C)C)cc(C(C)C)cc1C(C)C.Cc1c(C2CCCCC2)cc(C2CCCCC2)cc1C1CCCCC1.O=C(OCCOC(=O)C(F)(F)S(=O)(=O)[O-])C12CC3CC(CC(C3)C1)C2.O=S1(=O)[N-]S(=O)(=O)C(F)(F)C(F)(F)C1(F)F.c1ccc([S+]2CCCC2)cc1.c1ccc([S+]2CCCCC2)cc1. The Labute approximate surface area is 715 Å². The molecule has 0 amide bonds. The molecule has 18 nitrogen and oxygen atoms in total. The number of sulfone groups is 3. The van der Waals surface area contributed by atoms with Crippen LogP contribution in [0.5, 0.6) is 0 Å². The zero-order valence-corrected chi connectivity index (χ0v) is 76.7. The fourth-order valence-electron chi connectivity index (χ4n) is 18.1. The number of nitrogens with zero attached hydrogens (tertiary/aromatic N) is 1. The Hall–Kier alpha value is -4.63. The molecule has 0 spiro atoms. The van der Waals surface area contributed by atoms with Gasteiger partial charge in [0.25, 0.3) is 0 Å². The highest BCUT2D eigenvalue weighted by atomic mass is 32.3. The topological polar surface area (TPSA) is 295 Å². The van der Waals surface area contributed by atoms with Gasteiger partial charge in [0.15, 0.2) is 49.8 Å². The molecule has 0 N–H and O–H groups in total. The number of ether oxygens (including phenoxy) is 2. The van der Waals surface area contributed by atoms with E-state index in [-0.39, 0.29) is 12.5 Å². The molecular formula is C84H117F11NO17S8-. The van der Waals surface area contributed by atoms with Crippen LogP contribution in [0.3, 0.4) is 0 Å². The van der Waals surface area contributed by atoms with E-state index in [2.05, 4.69) is 145 Å². The second kappa shape index (κ2) is 42.5. The molecule has 0 aromatic heterocycles. The van der Waals surface area contributed by atoms with Gasteiger partial charge in [0.05, 0.1) is 29.0 Å². The lowest BCUT2D eigenvalue weighted by atomic mass is 9.49. The van der Waals surface area contributed by atoms with Crippen LogP contribution in [0.15, 0.2) is 94.7 Å². The van der Waals surface area contributed by atoms with Crippen molar-refractivity contribution in [2.45, 2.75) is 295 Å². The van der Waals surface area contributed by atoms with Gasteiger partial charge in [-0.3, -0.25) is 30.0 Å². The number of hydrogen-bond acceptors (Lipinski definition) is 17. The summed E-state index contributed by atoms with van der Waals surface area (Å²) in [6, 6.07) is 32.1. The summed E-state index contributed by atoms with van der Waals surface area (Å²) in [6.07, 6.45) is 34.9. The Bertz CT molecular complexity index is 4640. The van der Waals surface area contributed by atoms with E-state index in [0.29, 0.717) is 57.3 Å². The van der Waals surface area contributed by atoms with Gasteiger partial charge in [0.1, 0.15) is 36.2 Å². The van der Waals surface area contributed by atoms with Crippen LogP contribution in [-0.2, 0) is 101 Å². The zero-order valence-electron chi connectivity index (χ0n) is 70.2. The van der Waals surface area contributed by atoms with Crippen LogP contribution in [0.25, 0.3) is 4.13 Å². The lowest BCUT2D eigenvalue weighted by molar-refractivity contribution is -0.244. The fourth-order valence-corrected chi connectivity index (χ4v) is 31.9. The van der Waals surface area contributed by atoms with Gasteiger partial charge in [-0.15, -0.1) is 0 Å². The molecule has 686 valence electrons. The molecule has 0 radical (unpaired) electrons. The number of alkyl halides is 11. The van der Waals surface area contributed by atoms with E-state index < -0.39 is 121 Å². The Kier molecular flexibility index (Phi) is 36.4. The Morgan fingerprint density at radius 1 is 0.504 bits per heavy atom. The van der Waals surface area contributed by atoms with Crippen molar-refractivity contribution in [3.8, 4) is 0 Å². The first-order valence-electron chi connectivity index (χ1n) is 41.3. The Balaban J connectivity index is 0.000000198. The van der Waals surface area contributed by atoms with Crippen LogP contribution in [0, 0.1) is 40.9 Å². The first kappa shape index (κ1) is 103. The average Bonchev–Trinajstić information content (AvgIpc) is 0.740. The van der Waals surface area contributed by atoms with Crippen molar-refractivity contribution < 1.29 is 122 Å². The maximum atomic E-state index is 12.9. The Morgan fingerprint density at radius 3 is 1.17 bits per heavy atom. The van der Waals surface area contributed by atoms with Crippen molar-refractivity contribution in [3.63, 3.8) is 0 Å². The van der Waals surface area contributed by atoms with E-state index >= 15 is 0 Å². The second-order valence-corrected chi connectivity index (χ2v) is 50.2. The summed E-state index contributed by atoms with van der Waals surface area (Å²) in [7, 11) is -34.6. The van der Waals surface area contributed by atoms with Gasteiger partial charge in [-0.25, -0.2) is 30.0 Å². The van der Waals surface area contributed by atoms with Crippen LogP contribution in [0.2, 0.25) is 0 Å². The van der Waals surface area contributed by atoms with Crippen molar-refractivity contribution in [1.82, 2.24) is 0 Å². The van der Waals surface area contributed by atoms with Crippen molar-refractivity contribution >= 4 is 93.4 Å². The molecule has 3 heterocycles. The summed E-state index contributed by atoms with van der Waals surface area (Å²) in [5.41, 5.74) is 6.46. The fraction of sp³-hybridized carbons (Fsp3) is 0.679. The standard InChI is InChI=1S/C25H38.C16H26.C15H20F2O7S.C11H15S.C10H13S.C4H6F3O6S3.C3F6NO4S2/c1-19-24(21-13-7-3-8-14-21)17-23(20-11-5-2-6-12-20)18-25(19)22-15-9-4-10-16-22;1-10(2)14-8-15(11(3)4)13(7)16(9-14)12(5)6;16-15(17,25(20,21)22)13(19)24-2-1-23-12(18)14-6-9-3-10(7-14)5-11(4-9)8-14;1-3-7-11(8-4-1)12-9-5-2-6-10-12;1-2-6-10(7-3-1)11-8-4-5-9-11;1-14(8,9)3(15(2,10)11)16(12,13)4(5,6)7;4-1(5)2(6,7)15(11,12)10-16(13,14)3(1,8)9/h17-18,20-22H,2-16H2,1H3;8-12H,1-7H3;9-11H,1-8H2,(H,20,21,22);1,3-4,7-8H,2,5-6,9-10H2;1-3,6-7H,4-5,8-9H2;1-2H3;/q;;;2*+1;2*-1/p-1. The first-order valence-corrected chi connectivity index (χ1v) is 54.0. The highest BCUT2D eigenvalue weighted by molar-refractivity contribution is 8.28. The van der Waals surface area contributed by atoms with Gasteiger partial charge in [0, 0.05) is 34.3 Å². The monoisotopic (exact) mass is 1880 g/mol. The number of rotatable bonds is 17. The number of halogens is 11. The number of carbonyl (C=O) groups excluding carboxylic acids is 2. The van der Waals surface area contributed by atoms with Crippen LogP contribution < -0.4 is 0 Å². The van der Waals surface area contributed by atoms with E-state index in [9.17, 15) is 113 Å². The highest BCUT2D eigenvalue weighted by Crippen LogP contribution is 2.61. The number of carbonyl (C=O) groups is 2. The molecule has 3 aliphatic heterocycles. The van der Waals surface area contributed by atoms with Crippen LogP contribution in [0.4, 0.5) is 48.3 Å². The summed E-state index contributed by atoms with van der Waals surface area (Å²) in [5, 5.41) is -17.7. The van der Waals surface area contributed by atoms with E-state index in [4.69, 9.17) is 4.74 Å². The summed E-state index contributed by atoms with van der Waals surface area (Å²) in [6.45, 7) is 17.3. The third kappa shape index (κ3) is 26.1. The molecule has 3 saturated heterocycles. The molecule has 4 bridgehead atoms. The van der Waals surface area contributed by atoms with Gasteiger partial charge >= 0.3 is 39.1 Å². The van der Waals surface area contributed by atoms with Crippen LogP contribution >= 0.6 is 0 Å². The molecule has 0 unspecified atom stereocenters. The third-order valence-corrected chi connectivity index (χ3v) is 40.2. The number of esters is 2. The summed E-state index contributed by atoms with van der Waals surface area (Å²) in [5.74, 6) is 2.29. The minimum Gasteiger partial charge on any atom is -0.743 e. The van der Waals surface area contributed by atoms with E-state index in [1.807, 2.05) is 0 Å². The molecule has 37 heteroatoms. The molecule has 4 aromatic carbocycles. The Morgan fingerprint density at radius 2 is 0.843 bits per heavy atom. The van der Waals surface area contributed by atoms with Crippen molar-refractivity contribution in [2.75, 3.05) is 48.7 Å². The van der Waals surface area contributed by atoms with Gasteiger partial charge in [0.2, 0.25) is 0 Å². The largest absolute Gasteiger partial charge is 0.743 e. The zero-order chi connectivity index (χ0) is 90.5. The lowest BCUT2D eigenvalue weighted by Crippen LogP contribution is -2.64. The number of benzene rings is 4. The third-order valence-electron chi connectivity index (χ3n) is 23.8. The summed E-state index contributed by atoms with van der Waals surface area (Å²) >= 11 is 0. The second-order valence-electron chi connectivity index (χ2n) is 34.1. The van der Waals surface area contributed by atoms with E-state index in [1.165, 1.54) is 174 Å². The van der Waals surface area contributed by atoms with Crippen LogP contribution in [-0.4, -0.2) is 143 Å². The molecule has 14 rings (SSSR count). The molecule has 10 fully saturated rings. The molecule has 0 atom stereocenters. The van der Waals surface area contributed by atoms with Gasteiger partial charge in [-0.2, -0.15) is 48.3 Å². The van der Waals surface area contributed by atoms with Crippen molar-refractivity contribution in [3.05, 3.63) is 137 Å². The quantitative estimate of drug-likeness (QED) is 0.0237. The van der Waals surface area contributed by atoms with E-state index in [1.54, 1.807) is 32.0 Å². The predicted octanol–water partition coefficient (Wildman–Crippen LogP) is 20.5. The molecule has 7 aliphatic carbocycles. The van der Waals surface area contributed by atoms with Crippen molar-refractivity contribution in [1.29, 1.82) is 0 Å². The lowest BCUT2D eigenvalue weighted by Gasteiger charge is -2.55. The van der Waals surface area contributed by atoms with E-state index in [0.717, 1.165) is 60.4 Å². The molecular weight excluding hydrogens is 1760 g/mol. The predicted molar refractivity (Wildman–Crippen MR) is 450 cm³/mol.